The molecule has 0 spiro atoms. The predicted octanol–water partition coefficient (Wildman–Crippen LogP) is 2.04. The molecule has 1 aliphatic rings. The summed E-state index contributed by atoms with van der Waals surface area (Å²) in [5.74, 6) is 8.96. The monoisotopic (exact) mass is 228 g/mol. The van der Waals surface area contributed by atoms with Crippen LogP contribution in [0.25, 0.3) is 0 Å². The van der Waals surface area contributed by atoms with Crippen molar-refractivity contribution in [1.29, 1.82) is 0 Å². The number of nitrogens with two attached hydrogens (primary N) is 1. The molecule has 1 aromatic rings. The van der Waals surface area contributed by atoms with Gasteiger partial charge >= 0.3 is 0 Å². The third-order valence-electron chi connectivity index (χ3n) is 3.77. The molecule has 0 saturated carbocycles. The van der Waals surface area contributed by atoms with Crippen LogP contribution < -0.4 is 11.3 Å². The Kier molecular flexibility index (Phi) is 4.19. The second-order valence-electron chi connectivity index (χ2n) is 4.79. The van der Waals surface area contributed by atoms with E-state index in [-0.39, 0.29) is 0 Å². The quantitative estimate of drug-likeness (QED) is 0.470. The molecule has 1 aromatic carbocycles. The summed E-state index contributed by atoms with van der Waals surface area (Å²) < 4.78 is 0. The van der Waals surface area contributed by atoms with Gasteiger partial charge in [0.2, 0.25) is 0 Å². The van der Waals surface area contributed by atoms with Gasteiger partial charge in [0.05, 0.1) is 0 Å². The van der Waals surface area contributed by atoms with E-state index in [4.69, 9.17) is 12.3 Å². The molecular formula is C15H20N2. The summed E-state index contributed by atoms with van der Waals surface area (Å²) >= 11 is 0. The molecule has 0 fully saturated rings. The van der Waals surface area contributed by atoms with Crippen molar-refractivity contribution in [1.82, 2.24) is 5.43 Å². The maximum atomic E-state index is 5.65. The van der Waals surface area contributed by atoms with Crippen LogP contribution in [0.2, 0.25) is 0 Å². The first-order chi connectivity index (χ1) is 8.35. The number of hydrogen-bond acceptors (Lipinski definition) is 2. The van der Waals surface area contributed by atoms with Crippen LogP contribution in [0.4, 0.5) is 0 Å². The number of nitrogens with one attached hydrogen (secondary N) is 1. The molecule has 0 radical (unpaired) electrons. The summed E-state index contributed by atoms with van der Waals surface area (Å²) in [6.07, 6.45) is 10.6. The molecule has 3 N–H and O–H groups in total. The Hall–Kier alpha value is -1.30. The fraction of sp³-hybridized carbons (Fsp3) is 0.467. The van der Waals surface area contributed by atoms with Crippen molar-refractivity contribution in [3.63, 3.8) is 0 Å². The van der Waals surface area contributed by atoms with Crippen molar-refractivity contribution in [3.8, 4) is 12.3 Å². The maximum absolute atomic E-state index is 5.65. The van der Waals surface area contributed by atoms with E-state index < -0.39 is 0 Å². The largest absolute Gasteiger partial charge is 0.271 e. The third-order valence-corrected chi connectivity index (χ3v) is 3.77. The van der Waals surface area contributed by atoms with Crippen molar-refractivity contribution >= 4 is 0 Å². The van der Waals surface area contributed by atoms with Crippen LogP contribution in [-0.2, 0) is 12.8 Å². The van der Waals surface area contributed by atoms with E-state index in [1.165, 1.54) is 17.5 Å². The van der Waals surface area contributed by atoms with Crippen LogP contribution in [0.5, 0.6) is 0 Å². The standard InChI is InChI=1S/C15H20N2/c1-2-3-8-15(17-16)14-10-9-12-6-4-5-7-13(12)11-14/h1,4-7,14-15,17H,3,8-11,16H2. The van der Waals surface area contributed by atoms with Crippen molar-refractivity contribution in [2.24, 2.45) is 11.8 Å². The van der Waals surface area contributed by atoms with E-state index >= 15 is 0 Å². The minimum Gasteiger partial charge on any atom is -0.271 e. The number of hydrazine groups is 1. The number of aryl methyl sites for hydroxylation is 1. The highest BCUT2D eigenvalue weighted by molar-refractivity contribution is 5.30. The summed E-state index contributed by atoms with van der Waals surface area (Å²) in [7, 11) is 0. The third kappa shape index (κ3) is 2.88. The highest BCUT2D eigenvalue weighted by Gasteiger charge is 2.24. The molecule has 0 aliphatic heterocycles. The first-order valence-electron chi connectivity index (χ1n) is 6.31. The van der Waals surface area contributed by atoms with Crippen LogP contribution in [0.3, 0.4) is 0 Å². The lowest BCUT2D eigenvalue weighted by Gasteiger charge is -2.31. The minimum absolute atomic E-state index is 0.347. The fourth-order valence-electron chi connectivity index (χ4n) is 2.76. The summed E-state index contributed by atoms with van der Waals surface area (Å²) in [5, 5.41) is 0. The lowest BCUT2D eigenvalue weighted by molar-refractivity contribution is 0.310. The van der Waals surface area contributed by atoms with E-state index in [9.17, 15) is 0 Å². The number of fused-ring (bicyclic) bond motifs is 1. The van der Waals surface area contributed by atoms with Crippen molar-refractivity contribution < 1.29 is 0 Å². The zero-order valence-electron chi connectivity index (χ0n) is 10.2. The zero-order chi connectivity index (χ0) is 12.1. The molecular weight excluding hydrogens is 208 g/mol. The summed E-state index contributed by atoms with van der Waals surface area (Å²) in [6.45, 7) is 0. The normalized spacial score (nSPS) is 20.4. The Morgan fingerprint density at radius 2 is 2.18 bits per heavy atom. The van der Waals surface area contributed by atoms with E-state index in [2.05, 4.69) is 35.6 Å². The Labute approximate surface area is 104 Å². The van der Waals surface area contributed by atoms with E-state index in [1.807, 2.05) is 0 Å². The Bertz CT molecular complexity index is 406. The highest BCUT2D eigenvalue weighted by Crippen LogP contribution is 2.28. The summed E-state index contributed by atoms with van der Waals surface area (Å²) in [5.41, 5.74) is 5.92. The number of hydrogen-bond donors (Lipinski definition) is 2. The van der Waals surface area contributed by atoms with Gasteiger partial charge in [0.25, 0.3) is 0 Å². The van der Waals surface area contributed by atoms with Crippen LogP contribution in [0.15, 0.2) is 24.3 Å². The van der Waals surface area contributed by atoms with E-state index in [1.54, 1.807) is 0 Å². The Morgan fingerprint density at radius 3 is 2.88 bits per heavy atom. The molecule has 2 nitrogen and oxygen atoms in total. The van der Waals surface area contributed by atoms with Gasteiger partial charge in [0, 0.05) is 12.5 Å². The first kappa shape index (κ1) is 12.2. The van der Waals surface area contributed by atoms with Gasteiger partial charge in [-0.05, 0) is 42.7 Å². The maximum Gasteiger partial charge on any atom is 0.0251 e. The average Bonchev–Trinajstić information content (AvgIpc) is 2.39. The molecule has 2 unspecified atom stereocenters. The lowest BCUT2D eigenvalue weighted by atomic mass is 9.79. The predicted molar refractivity (Wildman–Crippen MR) is 71.1 cm³/mol. The molecule has 1 aliphatic carbocycles. The number of rotatable bonds is 4. The van der Waals surface area contributed by atoms with Crippen molar-refractivity contribution in [3.05, 3.63) is 35.4 Å². The SMILES string of the molecule is C#CCCC(NN)C1CCc2ccccc2C1. The molecule has 0 heterocycles. The molecule has 0 bridgehead atoms. The van der Waals surface area contributed by atoms with Gasteiger partial charge in [-0.25, -0.2) is 0 Å². The molecule has 2 atom stereocenters. The highest BCUT2D eigenvalue weighted by atomic mass is 15.2. The van der Waals surface area contributed by atoms with Gasteiger partial charge in [-0.1, -0.05) is 24.3 Å². The summed E-state index contributed by atoms with van der Waals surface area (Å²) in [4.78, 5) is 0. The Morgan fingerprint density at radius 1 is 1.41 bits per heavy atom. The molecule has 90 valence electrons. The van der Waals surface area contributed by atoms with E-state index in [0.717, 1.165) is 25.7 Å². The first-order valence-corrected chi connectivity index (χ1v) is 6.31. The van der Waals surface area contributed by atoms with Crippen LogP contribution in [0, 0.1) is 18.3 Å². The minimum atomic E-state index is 0.347. The molecule has 0 aromatic heterocycles. The molecule has 2 rings (SSSR count). The van der Waals surface area contributed by atoms with Gasteiger partial charge in [-0.15, -0.1) is 12.3 Å². The van der Waals surface area contributed by atoms with E-state index in [0.29, 0.717) is 12.0 Å². The van der Waals surface area contributed by atoms with Gasteiger partial charge in [-0.3, -0.25) is 11.3 Å². The molecule has 0 amide bonds. The van der Waals surface area contributed by atoms with Crippen LogP contribution >= 0.6 is 0 Å². The van der Waals surface area contributed by atoms with Crippen molar-refractivity contribution in [2.75, 3.05) is 0 Å². The molecule has 17 heavy (non-hydrogen) atoms. The fourth-order valence-corrected chi connectivity index (χ4v) is 2.76. The topological polar surface area (TPSA) is 38.0 Å². The van der Waals surface area contributed by atoms with Crippen molar-refractivity contribution in [2.45, 2.75) is 38.1 Å². The number of benzene rings is 1. The Balaban J connectivity index is 2.03. The van der Waals surface area contributed by atoms with Crippen LogP contribution in [0.1, 0.15) is 30.4 Å². The van der Waals surface area contributed by atoms with Gasteiger partial charge < -0.3 is 0 Å². The second-order valence-corrected chi connectivity index (χ2v) is 4.79. The van der Waals surface area contributed by atoms with Gasteiger partial charge in [0.1, 0.15) is 0 Å². The second kappa shape index (κ2) is 5.86. The van der Waals surface area contributed by atoms with Gasteiger partial charge in [0.15, 0.2) is 0 Å². The smallest absolute Gasteiger partial charge is 0.0251 e. The lowest BCUT2D eigenvalue weighted by Crippen LogP contribution is -2.42. The number of terminal acetylenes is 1. The van der Waals surface area contributed by atoms with Gasteiger partial charge in [-0.2, -0.15) is 0 Å². The average molecular weight is 228 g/mol. The zero-order valence-corrected chi connectivity index (χ0v) is 10.2. The summed E-state index contributed by atoms with van der Waals surface area (Å²) in [6, 6.07) is 9.05. The van der Waals surface area contributed by atoms with Crippen LogP contribution in [-0.4, -0.2) is 6.04 Å². The molecule has 2 heteroatoms. The molecule has 0 saturated heterocycles.